The molecule has 2 rings (SSSR count). The zero-order chi connectivity index (χ0) is 12.1. The van der Waals surface area contributed by atoms with Crippen LogP contribution in [-0.2, 0) is 13.0 Å². The summed E-state index contributed by atoms with van der Waals surface area (Å²) in [6.07, 6.45) is 7.06. The van der Waals surface area contributed by atoms with Gasteiger partial charge in [0.15, 0.2) is 0 Å². The Kier molecular flexibility index (Phi) is 3.94. The zero-order valence-corrected chi connectivity index (χ0v) is 10.1. The summed E-state index contributed by atoms with van der Waals surface area (Å²) in [5.41, 5.74) is 2.28. The third kappa shape index (κ3) is 3.17. The summed E-state index contributed by atoms with van der Waals surface area (Å²) in [6, 6.07) is 8.20. The molecular weight excluding hydrogens is 212 g/mol. The van der Waals surface area contributed by atoms with Gasteiger partial charge in [0.05, 0.1) is 19.0 Å². The summed E-state index contributed by atoms with van der Waals surface area (Å²) in [7, 11) is 0. The number of aromatic nitrogens is 2. The fourth-order valence-corrected chi connectivity index (χ4v) is 1.89. The van der Waals surface area contributed by atoms with E-state index in [9.17, 15) is 5.11 Å². The zero-order valence-electron chi connectivity index (χ0n) is 10.1. The maximum atomic E-state index is 10.1. The minimum Gasteiger partial charge on any atom is -0.387 e. The van der Waals surface area contributed by atoms with Crippen LogP contribution in [0.2, 0.25) is 0 Å². The van der Waals surface area contributed by atoms with E-state index in [2.05, 4.69) is 24.0 Å². The van der Waals surface area contributed by atoms with Gasteiger partial charge in [-0.25, -0.2) is 4.98 Å². The van der Waals surface area contributed by atoms with Crippen LogP contribution in [0.4, 0.5) is 0 Å². The minimum atomic E-state index is -0.472. The van der Waals surface area contributed by atoms with Crippen molar-refractivity contribution in [3.63, 3.8) is 0 Å². The van der Waals surface area contributed by atoms with Crippen LogP contribution in [0, 0.1) is 0 Å². The van der Waals surface area contributed by atoms with Gasteiger partial charge < -0.3 is 9.67 Å². The van der Waals surface area contributed by atoms with Crippen molar-refractivity contribution in [3.05, 3.63) is 54.1 Å². The molecule has 17 heavy (non-hydrogen) atoms. The summed E-state index contributed by atoms with van der Waals surface area (Å²) in [4.78, 5) is 3.96. The molecule has 0 amide bonds. The molecule has 0 bridgehead atoms. The number of hydrogen-bond donors (Lipinski definition) is 1. The number of aryl methyl sites for hydroxylation is 1. The molecule has 90 valence electrons. The van der Waals surface area contributed by atoms with Crippen LogP contribution in [0.1, 0.15) is 30.6 Å². The summed E-state index contributed by atoms with van der Waals surface area (Å²) in [6.45, 7) is 2.72. The first-order chi connectivity index (χ1) is 8.29. The standard InChI is InChI=1S/C14H18N2O/c1-2-3-12-4-6-13(7-5-12)14(17)10-16-9-8-15-11-16/h4-9,11,14,17H,2-3,10H2,1H3. The molecule has 0 radical (unpaired) electrons. The monoisotopic (exact) mass is 230 g/mol. The third-order valence-corrected chi connectivity index (χ3v) is 2.85. The van der Waals surface area contributed by atoms with Crippen LogP contribution >= 0.6 is 0 Å². The van der Waals surface area contributed by atoms with Crippen molar-refractivity contribution in [3.8, 4) is 0 Å². The van der Waals surface area contributed by atoms with E-state index in [1.54, 1.807) is 12.5 Å². The molecule has 1 heterocycles. The Bertz CT molecular complexity index is 434. The van der Waals surface area contributed by atoms with Crippen molar-refractivity contribution in [1.29, 1.82) is 0 Å². The Morgan fingerprint density at radius 3 is 2.65 bits per heavy atom. The maximum Gasteiger partial charge on any atom is 0.0969 e. The van der Waals surface area contributed by atoms with E-state index in [0.29, 0.717) is 6.54 Å². The Balaban J connectivity index is 2.01. The fourth-order valence-electron chi connectivity index (χ4n) is 1.89. The molecule has 2 aromatic rings. The smallest absolute Gasteiger partial charge is 0.0969 e. The molecule has 1 aromatic carbocycles. The highest BCUT2D eigenvalue weighted by atomic mass is 16.3. The molecule has 3 nitrogen and oxygen atoms in total. The average molecular weight is 230 g/mol. The molecule has 1 N–H and O–H groups in total. The molecule has 0 saturated carbocycles. The van der Waals surface area contributed by atoms with Gasteiger partial charge in [-0.3, -0.25) is 0 Å². The SMILES string of the molecule is CCCc1ccc(C(O)Cn2ccnc2)cc1. The number of imidazole rings is 1. The summed E-state index contributed by atoms with van der Waals surface area (Å²) in [5.74, 6) is 0. The average Bonchev–Trinajstić information content (AvgIpc) is 2.83. The highest BCUT2D eigenvalue weighted by Crippen LogP contribution is 2.16. The van der Waals surface area contributed by atoms with Crippen LogP contribution in [-0.4, -0.2) is 14.7 Å². The van der Waals surface area contributed by atoms with Crippen molar-refractivity contribution >= 4 is 0 Å². The minimum absolute atomic E-state index is 0.472. The first-order valence-corrected chi connectivity index (χ1v) is 6.02. The van der Waals surface area contributed by atoms with Crippen LogP contribution in [0.5, 0.6) is 0 Å². The number of nitrogens with zero attached hydrogens (tertiary/aromatic N) is 2. The summed E-state index contributed by atoms with van der Waals surface area (Å²) in [5, 5.41) is 10.1. The summed E-state index contributed by atoms with van der Waals surface area (Å²) >= 11 is 0. The lowest BCUT2D eigenvalue weighted by molar-refractivity contribution is 0.156. The molecular formula is C14H18N2O. The van der Waals surface area contributed by atoms with E-state index >= 15 is 0 Å². The van der Waals surface area contributed by atoms with Gasteiger partial charge in [-0.2, -0.15) is 0 Å². The maximum absolute atomic E-state index is 10.1. The third-order valence-electron chi connectivity index (χ3n) is 2.85. The largest absolute Gasteiger partial charge is 0.387 e. The molecule has 0 aliphatic rings. The highest BCUT2D eigenvalue weighted by Gasteiger charge is 2.07. The number of rotatable bonds is 5. The molecule has 0 aliphatic carbocycles. The van der Waals surface area contributed by atoms with Gasteiger partial charge in [0.1, 0.15) is 0 Å². The van der Waals surface area contributed by atoms with E-state index in [-0.39, 0.29) is 0 Å². The van der Waals surface area contributed by atoms with Gasteiger partial charge in [0, 0.05) is 12.4 Å². The number of aliphatic hydroxyl groups is 1. The first kappa shape index (κ1) is 11.9. The van der Waals surface area contributed by atoms with E-state index in [1.165, 1.54) is 5.56 Å². The Morgan fingerprint density at radius 2 is 2.06 bits per heavy atom. The lowest BCUT2D eigenvalue weighted by Crippen LogP contribution is -2.07. The highest BCUT2D eigenvalue weighted by molar-refractivity contribution is 5.24. The predicted molar refractivity (Wildman–Crippen MR) is 67.6 cm³/mol. The van der Waals surface area contributed by atoms with Gasteiger partial charge >= 0.3 is 0 Å². The number of hydrogen-bond acceptors (Lipinski definition) is 2. The topological polar surface area (TPSA) is 38.0 Å². The van der Waals surface area contributed by atoms with E-state index in [4.69, 9.17) is 0 Å². The van der Waals surface area contributed by atoms with Crippen molar-refractivity contribution in [1.82, 2.24) is 9.55 Å². The fraction of sp³-hybridized carbons (Fsp3) is 0.357. The van der Waals surface area contributed by atoms with Gasteiger partial charge in [-0.15, -0.1) is 0 Å². The Hall–Kier alpha value is -1.61. The van der Waals surface area contributed by atoms with Gasteiger partial charge in [-0.05, 0) is 17.5 Å². The van der Waals surface area contributed by atoms with Gasteiger partial charge in [0.25, 0.3) is 0 Å². The lowest BCUT2D eigenvalue weighted by atomic mass is 10.0. The quantitative estimate of drug-likeness (QED) is 0.857. The van der Waals surface area contributed by atoms with Gasteiger partial charge in [-0.1, -0.05) is 37.6 Å². The predicted octanol–water partition coefficient (Wildman–Crippen LogP) is 2.57. The van der Waals surface area contributed by atoms with Crippen LogP contribution in [0.25, 0.3) is 0 Å². The van der Waals surface area contributed by atoms with Crippen molar-refractivity contribution in [2.24, 2.45) is 0 Å². The second kappa shape index (κ2) is 5.64. The number of aliphatic hydroxyl groups excluding tert-OH is 1. The molecule has 0 spiro atoms. The Morgan fingerprint density at radius 1 is 1.29 bits per heavy atom. The van der Waals surface area contributed by atoms with Crippen molar-refractivity contribution in [2.75, 3.05) is 0 Å². The van der Waals surface area contributed by atoms with E-state index in [0.717, 1.165) is 18.4 Å². The van der Waals surface area contributed by atoms with E-state index in [1.807, 2.05) is 22.9 Å². The second-order valence-electron chi connectivity index (χ2n) is 4.27. The van der Waals surface area contributed by atoms with Gasteiger partial charge in [0.2, 0.25) is 0 Å². The molecule has 1 atom stereocenters. The lowest BCUT2D eigenvalue weighted by Gasteiger charge is -2.12. The second-order valence-corrected chi connectivity index (χ2v) is 4.27. The Labute approximate surface area is 102 Å². The van der Waals surface area contributed by atoms with E-state index < -0.39 is 6.10 Å². The molecule has 0 fully saturated rings. The molecule has 3 heteroatoms. The van der Waals surface area contributed by atoms with Crippen LogP contribution < -0.4 is 0 Å². The number of benzene rings is 1. The molecule has 0 saturated heterocycles. The summed E-state index contributed by atoms with van der Waals surface area (Å²) < 4.78 is 1.88. The normalized spacial score (nSPS) is 12.6. The first-order valence-electron chi connectivity index (χ1n) is 6.02. The van der Waals surface area contributed by atoms with Crippen molar-refractivity contribution in [2.45, 2.75) is 32.4 Å². The van der Waals surface area contributed by atoms with Crippen LogP contribution in [0.15, 0.2) is 43.0 Å². The van der Waals surface area contributed by atoms with Crippen molar-refractivity contribution < 1.29 is 5.11 Å². The molecule has 0 aliphatic heterocycles. The molecule has 1 aromatic heterocycles. The van der Waals surface area contributed by atoms with Crippen LogP contribution in [0.3, 0.4) is 0 Å². The molecule has 1 unspecified atom stereocenters.